The minimum atomic E-state index is -4.68. The molecule has 0 aliphatic carbocycles. The van der Waals surface area contributed by atoms with Gasteiger partial charge >= 0.3 is 18.2 Å². The molecular formula is C20H19F4N3O3. The Morgan fingerprint density at radius 2 is 1.90 bits per heavy atom. The number of methoxy groups -OCH3 is 1. The number of pyridine rings is 1. The van der Waals surface area contributed by atoms with Crippen molar-refractivity contribution < 1.29 is 31.9 Å². The van der Waals surface area contributed by atoms with Gasteiger partial charge in [-0.25, -0.2) is 19.0 Å². The van der Waals surface area contributed by atoms with Crippen LogP contribution in [0.3, 0.4) is 0 Å². The summed E-state index contributed by atoms with van der Waals surface area (Å²) in [5, 5.41) is 0. The third-order valence-corrected chi connectivity index (χ3v) is 4.65. The molecular weight excluding hydrogens is 406 g/mol. The number of ether oxygens (including phenoxy) is 1. The maximum atomic E-state index is 13.6. The first-order valence-electron chi connectivity index (χ1n) is 9.11. The van der Waals surface area contributed by atoms with Gasteiger partial charge in [-0.3, -0.25) is 4.90 Å². The van der Waals surface area contributed by atoms with Gasteiger partial charge in [0.15, 0.2) is 0 Å². The molecule has 10 heteroatoms. The molecule has 0 radical (unpaired) electrons. The standard InChI is InChI=1S/C20H19F4N3O3/c1-30-18(28)14-7-5-13(6-8-14)11-27(19(29)26-10-9-15(21)12-26)17-4-2-3-16(25-17)20(22,23)24/h2-8,15H,9-12H2,1H3. The number of alkyl halides is 4. The maximum absolute atomic E-state index is 13.6. The third kappa shape index (κ3) is 4.87. The molecule has 0 bridgehead atoms. The number of aromatic nitrogens is 1. The van der Waals surface area contributed by atoms with Gasteiger partial charge in [-0.2, -0.15) is 13.2 Å². The van der Waals surface area contributed by atoms with Crippen LogP contribution in [0.25, 0.3) is 0 Å². The van der Waals surface area contributed by atoms with Crippen LogP contribution in [-0.2, 0) is 17.5 Å². The van der Waals surface area contributed by atoms with Crippen molar-refractivity contribution in [1.82, 2.24) is 9.88 Å². The van der Waals surface area contributed by atoms with Gasteiger partial charge in [0, 0.05) is 6.54 Å². The number of amides is 2. The largest absolute Gasteiger partial charge is 0.465 e. The molecule has 1 aliphatic heterocycles. The Labute approximate surface area is 170 Å². The van der Waals surface area contributed by atoms with Gasteiger partial charge in [0.2, 0.25) is 0 Å². The van der Waals surface area contributed by atoms with Gasteiger partial charge in [-0.15, -0.1) is 0 Å². The summed E-state index contributed by atoms with van der Waals surface area (Å²) in [5.74, 6) is -0.741. The zero-order valence-corrected chi connectivity index (χ0v) is 16.0. The fourth-order valence-corrected chi connectivity index (χ4v) is 3.09. The molecule has 0 saturated carbocycles. The highest BCUT2D eigenvalue weighted by atomic mass is 19.4. The summed E-state index contributed by atoms with van der Waals surface area (Å²) < 4.78 is 57.5. The molecule has 160 valence electrons. The van der Waals surface area contributed by atoms with Crippen LogP contribution in [0.15, 0.2) is 42.5 Å². The quantitative estimate of drug-likeness (QED) is 0.548. The Hall–Kier alpha value is -3.17. The summed E-state index contributed by atoms with van der Waals surface area (Å²) in [7, 11) is 1.24. The van der Waals surface area contributed by atoms with E-state index in [-0.39, 0.29) is 37.4 Å². The van der Waals surface area contributed by atoms with Crippen molar-refractivity contribution in [2.75, 3.05) is 25.1 Å². The summed E-state index contributed by atoms with van der Waals surface area (Å²) in [6.07, 6.45) is -5.68. The first kappa shape index (κ1) is 21.5. The summed E-state index contributed by atoms with van der Waals surface area (Å²) in [6, 6.07) is 8.70. The molecule has 2 heterocycles. The second-order valence-corrected chi connectivity index (χ2v) is 6.77. The van der Waals surface area contributed by atoms with Crippen molar-refractivity contribution in [2.24, 2.45) is 0 Å². The summed E-state index contributed by atoms with van der Waals surface area (Å²) >= 11 is 0. The number of esters is 1. The number of likely N-dealkylation sites (tertiary alicyclic amines) is 1. The van der Waals surface area contributed by atoms with Crippen LogP contribution in [0.4, 0.5) is 28.2 Å². The molecule has 2 amide bonds. The molecule has 0 N–H and O–H groups in total. The van der Waals surface area contributed by atoms with Crippen LogP contribution in [0, 0.1) is 0 Å². The lowest BCUT2D eigenvalue weighted by Gasteiger charge is -2.27. The summed E-state index contributed by atoms with van der Waals surface area (Å²) in [5.41, 5.74) is -0.300. The van der Waals surface area contributed by atoms with E-state index in [0.29, 0.717) is 5.56 Å². The number of urea groups is 1. The van der Waals surface area contributed by atoms with E-state index in [1.54, 1.807) is 12.1 Å². The van der Waals surface area contributed by atoms with Crippen LogP contribution in [-0.4, -0.2) is 48.3 Å². The molecule has 2 aromatic rings. The van der Waals surface area contributed by atoms with Gasteiger partial charge in [0.1, 0.15) is 17.7 Å². The number of anilines is 1. The Morgan fingerprint density at radius 3 is 2.47 bits per heavy atom. The molecule has 1 atom stereocenters. The molecule has 1 unspecified atom stereocenters. The smallest absolute Gasteiger partial charge is 0.433 e. The highest BCUT2D eigenvalue weighted by Gasteiger charge is 2.35. The van der Waals surface area contributed by atoms with Crippen molar-refractivity contribution >= 4 is 17.8 Å². The van der Waals surface area contributed by atoms with E-state index in [1.807, 2.05) is 0 Å². The minimum Gasteiger partial charge on any atom is -0.465 e. The number of hydrogen-bond acceptors (Lipinski definition) is 4. The highest BCUT2D eigenvalue weighted by molar-refractivity contribution is 5.91. The second-order valence-electron chi connectivity index (χ2n) is 6.77. The van der Waals surface area contributed by atoms with Crippen LogP contribution >= 0.6 is 0 Å². The summed E-state index contributed by atoms with van der Waals surface area (Å²) in [6.45, 7) is -0.0750. The predicted octanol–water partition coefficient (Wildman–Crippen LogP) is 4.06. The molecule has 1 saturated heterocycles. The molecule has 30 heavy (non-hydrogen) atoms. The number of nitrogens with zero attached hydrogens (tertiary/aromatic N) is 3. The SMILES string of the molecule is COC(=O)c1ccc(CN(C(=O)N2CCC(F)C2)c2cccc(C(F)(F)F)n2)cc1. The topological polar surface area (TPSA) is 62.7 Å². The van der Waals surface area contributed by atoms with E-state index < -0.39 is 30.0 Å². The lowest BCUT2D eigenvalue weighted by Crippen LogP contribution is -2.42. The highest BCUT2D eigenvalue weighted by Crippen LogP contribution is 2.30. The Bertz CT molecular complexity index is 918. The third-order valence-electron chi connectivity index (χ3n) is 4.65. The lowest BCUT2D eigenvalue weighted by molar-refractivity contribution is -0.141. The predicted molar refractivity (Wildman–Crippen MR) is 99.7 cm³/mol. The van der Waals surface area contributed by atoms with E-state index >= 15 is 0 Å². The lowest BCUT2D eigenvalue weighted by atomic mass is 10.1. The van der Waals surface area contributed by atoms with Crippen molar-refractivity contribution in [2.45, 2.75) is 25.3 Å². The first-order chi connectivity index (χ1) is 14.2. The average Bonchev–Trinajstić information content (AvgIpc) is 3.17. The van der Waals surface area contributed by atoms with E-state index in [9.17, 15) is 27.2 Å². The number of carbonyl (C=O) groups excluding carboxylic acids is 2. The molecule has 1 fully saturated rings. The maximum Gasteiger partial charge on any atom is 0.433 e. The van der Waals surface area contributed by atoms with Gasteiger partial charge in [0.25, 0.3) is 0 Å². The molecule has 1 aliphatic rings. The van der Waals surface area contributed by atoms with Crippen LogP contribution in [0.5, 0.6) is 0 Å². The van der Waals surface area contributed by atoms with Crippen molar-refractivity contribution in [1.29, 1.82) is 0 Å². The molecule has 1 aromatic heterocycles. The van der Waals surface area contributed by atoms with Crippen LogP contribution in [0.1, 0.15) is 28.0 Å². The Morgan fingerprint density at radius 1 is 1.20 bits per heavy atom. The minimum absolute atomic E-state index is 0.109. The molecule has 6 nitrogen and oxygen atoms in total. The van der Waals surface area contributed by atoms with Crippen molar-refractivity contribution in [3.8, 4) is 0 Å². The van der Waals surface area contributed by atoms with Gasteiger partial charge < -0.3 is 9.64 Å². The van der Waals surface area contributed by atoms with Crippen LogP contribution < -0.4 is 4.90 Å². The van der Waals surface area contributed by atoms with Gasteiger partial charge in [0.05, 0.1) is 25.8 Å². The van der Waals surface area contributed by atoms with E-state index in [0.717, 1.165) is 17.0 Å². The average molecular weight is 425 g/mol. The summed E-state index contributed by atoms with van der Waals surface area (Å²) in [4.78, 5) is 30.4. The van der Waals surface area contributed by atoms with E-state index in [4.69, 9.17) is 0 Å². The van der Waals surface area contributed by atoms with Gasteiger partial charge in [-0.05, 0) is 36.2 Å². The molecule has 1 aromatic carbocycles. The van der Waals surface area contributed by atoms with Crippen molar-refractivity contribution in [3.63, 3.8) is 0 Å². The number of hydrogen-bond donors (Lipinski definition) is 0. The molecule has 3 rings (SSSR count). The normalized spacial score (nSPS) is 16.4. The van der Waals surface area contributed by atoms with Crippen molar-refractivity contribution in [3.05, 3.63) is 59.3 Å². The van der Waals surface area contributed by atoms with Crippen LogP contribution in [0.2, 0.25) is 0 Å². The monoisotopic (exact) mass is 425 g/mol. The fraction of sp³-hybridized carbons (Fsp3) is 0.350. The fourth-order valence-electron chi connectivity index (χ4n) is 3.09. The number of benzene rings is 1. The zero-order chi connectivity index (χ0) is 21.9. The molecule has 0 spiro atoms. The second kappa shape index (κ2) is 8.68. The number of carbonyl (C=O) groups is 2. The first-order valence-corrected chi connectivity index (χ1v) is 9.11. The van der Waals surface area contributed by atoms with E-state index in [1.165, 1.54) is 30.2 Å². The van der Waals surface area contributed by atoms with Gasteiger partial charge in [-0.1, -0.05) is 18.2 Å². The van der Waals surface area contributed by atoms with E-state index in [2.05, 4.69) is 9.72 Å². The number of halogens is 4. The Balaban J connectivity index is 1.92. The zero-order valence-electron chi connectivity index (χ0n) is 16.0. The Kier molecular flexibility index (Phi) is 6.23. The number of rotatable bonds is 4.